The van der Waals surface area contributed by atoms with Crippen molar-refractivity contribution in [1.29, 1.82) is 0 Å². The Morgan fingerprint density at radius 3 is 2.60 bits per heavy atom. The quantitative estimate of drug-likeness (QED) is 0.360. The van der Waals surface area contributed by atoms with Crippen LogP contribution in [0.15, 0.2) is 36.7 Å². The summed E-state index contributed by atoms with van der Waals surface area (Å²) in [6, 6.07) is 3.55. The number of nitrogens with one attached hydrogen (secondary N) is 1. The Morgan fingerprint density at radius 2 is 1.86 bits per heavy atom. The third-order valence-electron chi connectivity index (χ3n) is 9.39. The Kier molecular flexibility index (Phi) is 9.82. The van der Waals surface area contributed by atoms with Crippen LogP contribution >= 0.6 is 11.6 Å². The molecule has 0 spiro atoms. The zero-order valence-corrected chi connectivity index (χ0v) is 25.3. The average molecular weight is 645 g/mol. The van der Waals surface area contributed by atoms with E-state index in [0.29, 0.717) is 32.1 Å². The Balaban J connectivity index is 1.31. The predicted molar refractivity (Wildman–Crippen MR) is 155 cm³/mol. The van der Waals surface area contributed by atoms with Crippen LogP contribution in [0.1, 0.15) is 74.0 Å². The van der Waals surface area contributed by atoms with Gasteiger partial charge in [0.1, 0.15) is 5.82 Å². The average Bonchev–Trinajstić information content (AvgIpc) is 3.35. The molecule has 0 amide bonds. The lowest BCUT2D eigenvalue weighted by Gasteiger charge is -2.38. The number of pyridine rings is 1. The summed E-state index contributed by atoms with van der Waals surface area (Å²) in [6.07, 6.45) is 2.97. The lowest BCUT2D eigenvalue weighted by Crippen LogP contribution is -2.57. The van der Waals surface area contributed by atoms with E-state index in [9.17, 15) is 30.8 Å². The summed E-state index contributed by atoms with van der Waals surface area (Å²) in [4.78, 5) is 17.4. The second-order valence-electron chi connectivity index (χ2n) is 12.2. The van der Waals surface area contributed by atoms with Gasteiger partial charge in [-0.25, -0.2) is 12.8 Å². The lowest BCUT2D eigenvalue weighted by molar-refractivity contribution is -0.137. The fraction of sp³-hybridized carbons (Fsp3) is 0.600. The number of carbonyl (C=O) groups excluding carboxylic acids is 1. The van der Waals surface area contributed by atoms with Crippen LogP contribution in [0.5, 0.6) is 0 Å². The van der Waals surface area contributed by atoms with Gasteiger partial charge in [0.25, 0.3) is 0 Å². The number of aromatic nitrogens is 1. The van der Waals surface area contributed by atoms with Gasteiger partial charge in [-0.2, -0.15) is 17.5 Å². The molecule has 1 unspecified atom stereocenters. The van der Waals surface area contributed by atoms with Crippen molar-refractivity contribution in [3.8, 4) is 0 Å². The van der Waals surface area contributed by atoms with E-state index in [1.54, 1.807) is 4.31 Å². The summed E-state index contributed by atoms with van der Waals surface area (Å²) in [7, 11) is -3.30. The molecule has 1 aromatic heterocycles. The zero-order chi connectivity index (χ0) is 30.9. The van der Waals surface area contributed by atoms with E-state index in [0.717, 1.165) is 44.2 Å². The minimum Gasteiger partial charge on any atom is -0.321 e. The number of ketones is 1. The van der Waals surface area contributed by atoms with Crippen LogP contribution in [-0.4, -0.2) is 60.5 Å². The van der Waals surface area contributed by atoms with Crippen molar-refractivity contribution >= 4 is 27.4 Å². The molecule has 3 fully saturated rings. The molecule has 1 aromatic carbocycles. The minimum atomic E-state index is -4.66. The predicted octanol–water partition coefficient (Wildman–Crippen LogP) is 5.27. The summed E-state index contributed by atoms with van der Waals surface area (Å²) in [5.74, 6) is -1.78. The number of fused-ring (bicyclic) bond motifs is 2. The third kappa shape index (κ3) is 7.41. The summed E-state index contributed by atoms with van der Waals surface area (Å²) in [5.41, 5.74) is 5.79. The van der Waals surface area contributed by atoms with Gasteiger partial charge in [-0.3, -0.25) is 9.78 Å². The normalized spacial score (nSPS) is 28.7. The molecule has 3 N–H and O–H groups in total. The van der Waals surface area contributed by atoms with Crippen LogP contribution in [0.25, 0.3) is 0 Å². The van der Waals surface area contributed by atoms with Gasteiger partial charge >= 0.3 is 6.18 Å². The SMILES string of the molecule is N[C@H](C(=O)C[C@H]1CCC[C@@H]1CC[C@H]1CN[C@@H]2CCCS(=O)(=O)N1C2)[C@H](c1cncc(C(F)(F)F)c1)c1ccc(Cl)c(F)c1. The number of nitrogens with two attached hydrogens (primary N) is 1. The summed E-state index contributed by atoms with van der Waals surface area (Å²) in [6.45, 7) is 1.10. The van der Waals surface area contributed by atoms with Crippen LogP contribution in [0, 0.1) is 17.7 Å². The van der Waals surface area contributed by atoms with E-state index < -0.39 is 39.5 Å². The van der Waals surface area contributed by atoms with Gasteiger partial charge in [0.2, 0.25) is 10.0 Å². The van der Waals surface area contributed by atoms with Gasteiger partial charge in [0.05, 0.1) is 22.4 Å². The number of hydrogen-bond acceptors (Lipinski definition) is 6. The van der Waals surface area contributed by atoms with Crippen LogP contribution in [0.3, 0.4) is 0 Å². The van der Waals surface area contributed by atoms with Crippen LogP contribution in [-0.2, 0) is 21.0 Å². The molecular formula is C30H37ClF4N4O3S. The number of nitrogens with zero attached hydrogens (tertiary/aromatic N) is 2. The van der Waals surface area contributed by atoms with E-state index >= 15 is 0 Å². The maximum Gasteiger partial charge on any atom is 0.417 e. The van der Waals surface area contributed by atoms with Gasteiger partial charge in [-0.05, 0) is 73.3 Å². The largest absolute Gasteiger partial charge is 0.417 e. The number of rotatable bonds is 9. The number of piperazine rings is 1. The summed E-state index contributed by atoms with van der Waals surface area (Å²) in [5, 5.41) is 3.33. The van der Waals surface area contributed by atoms with Crippen LogP contribution in [0.2, 0.25) is 5.02 Å². The van der Waals surface area contributed by atoms with Crippen molar-refractivity contribution < 1.29 is 30.8 Å². The Labute approximate surface area is 254 Å². The molecule has 1 saturated carbocycles. The topological polar surface area (TPSA) is 105 Å². The second kappa shape index (κ2) is 13.1. The Bertz CT molecular complexity index is 1430. The molecule has 2 aromatic rings. The number of alkyl halides is 3. The van der Waals surface area contributed by atoms with Crippen LogP contribution < -0.4 is 11.1 Å². The first-order valence-electron chi connectivity index (χ1n) is 14.8. The molecule has 3 heterocycles. The highest BCUT2D eigenvalue weighted by atomic mass is 35.5. The number of halogens is 5. The van der Waals surface area contributed by atoms with Crippen LogP contribution in [0.4, 0.5) is 17.6 Å². The fourth-order valence-corrected chi connectivity index (χ4v) is 9.01. The first-order valence-corrected chi connectivity index (χ1v) is 16.8. The smallest absolute Gasteiger partial charge is 0.321 e. The van der Waals surface area contributed by atoms with Crippen molar-refractivity contribution in [3.05, 3.63) is 64.2 Å². The molecule has 5 rings (SSSR count). The first-order chi connectivity index (χ1) is 20.3. The number of hydrogen-bond donors (Lipinski definition) is 2. The molecule has 3 aliphatic rings. The summed E-state index contributed by atoms with van der Waals surface area (Å²) >= 11 is 5.85. The van der Waals surface area contributed by atoms with Crippen molar-refractivity contribution in [2.24, 2.45) is 17.6 Å². The molecule has 2 saturated heterocycles. The van der Waals surface area contributed by atoms with Crippen molar-refractivity contribution in [2.45, 2.75) is 81.6 Å². The standard InChI is InChI=1S/C30H37ClF4N4O3S/c31-25-9-7-20(12-26(25)32)28(21-11-22(15-37-14-21)30(33,34)35)29(36)27(40)13-19-4-1-3-18(19)6-8-24-16-38-23-5-2-10-43(41,42)39(24)17-23/h7,9,11-12,14-15,18-19,23-24,28-29,38H,1-6,8,10,13,16-17,36H2/t18-,19-,23-,24+,28+,29-/m1/s1. The third-order valence-corrected chi connectivity index (χ3v) is 11.7. The second-order valence-corrected chi connectivity index (χ2v) is 14.6. The molecular weight excluding hydrogens is 608 g/mol. The fourth-order valence-electron chi connectivity index (χ4n) is 7.09. The zero-order valence-electron chi connectivity index (χ0n) is 23.7. The van der Waals surface area contributed by atoms with Gasteiger partial charge < -0.3 is 11.1 Å². The first kappa shape index (κ1) is 32.3. The number of sulfonamides is 1. The maximum absolute atomic E-state index is 14.5. The van der Waals surface area contributed by atoms with Gasteiger partial charge in [0.15, 0.2) is 5.78 Å². The summed E-state index contributed by atoms with van der Waals surface area (Å²) < 4.78 is 82.4. The lowest BCUT2D eigenvalue weighted by atomic mass is 9.79. The number of benzene rings is 1. The Hall–Kier alpha value is -2.12. The van der Waals surface area contributed by atoms with Crippen molar-refractivity contribution in [2.75, 3.05) is 18.8 Å². The molecule has 7 nitrogen and oxygen atoms in total. The highest BCUT2D eigenvalue weighted by Gasteiger charge is 2.40. The van der Waals surface area contributed by atoms with Gasteiger partial charge in [-0.15, -0.1) is 0 Å². The molecule has 2 aliphatic heterocycles. The number of Topliss-reactive ketones (excluding diaryl/α,β-unsaturated/α-hetero) is 1. The monoisotopic (exact) mass is 644 g/mol. The highest BCUT2D eigenvalue weighted by Crippen LogP contribution is 2.40. The molecule has 13 heteroatoms. The maximum atomic E-state index is 14.5. The minimum absolute atomic E-state index is 0.0193. The van der Waals surface area contributed by atoms with E-state index in [1.807, 2.05) is 0 Å². The molecule has 2 bridgehead atoms. The molecule has 236 valence electrons. The van der Waals surface area contributed by atoms with Gasteiger partial charge in [0, 0.05) is 49.9 Å². The molecule has 43 heavy (non-hydrogen) atoms. The van der Waals surface area contributed by atoms with E-state index in [-0.39, 0.29) is 58.0 Å². The molecule has 0 radical (unpaired) electrons. The molecule has 1 aliphatic carbocycles. The van der Waals surface area contributed by atoms with E-state index in [2.05, 4.69) is 10.3 Å². The Morgan fingerprint density at radius 1 is 1.09 bits per heavy atom. The van der Waals surface area contributed by atoms with Crippen molar-refractivity contribution in [3.63, 3.8) is 0 Å². The highest BCUT2D eigenvalue weighted by molar-refractivity contribution is 7.89. The van der Waals surface area contributed by atoms with E-state index in [1.165, 1.54) is 18.3 Å². The van der Waals surface area contributed by atoms with Gasteiger partial charge in [-0.1, -0.05) is 30.5 Å². The van der Waals surface area contributed by atoms with E-state index in [4.69, 9.17) is 17.3 Å². The molecule has 7 atom stereocenters. The van der Waals surface area contributed by atoms with Crippen molar-refractivity contribution in [1.82, 2.24) is 14.6 Å². The number of carbonyl (C=O) groups is 1.